The summed E-state index contributed by atoms with van der Waals surface area (Å²) in [5.41, 5.74) is 2.46. The molecule has 1 aromatic carbocycles. The van der Waals surface area contributed by atoms with Crippen molar-refractivity contribution in [2.75, 3.05) is 6.54 Å². The smallest absolute Gasteiger partial charge is 0.425 e. The van der Waals surface area contributed by atoms with Crippen LogP contribution >= 0.6 is 0 Å². The van der Waals surface area contributed by atoms with E-state index in [-0.39, 0.29) is 6.54 Å². The number of hydrogen-bond acceptors (Lipinski definition) is 4. The average molecular weight is 247 g/mol. The van der Waals surface area contributed by atoms with E-state index < -0.39 is 17.9 Å². The maximum absolute atomic E-state index is 11.8. The summed E-state index contributed by atoms with van der Waals surface area (Å²) in [5, 5.41) is 11.6. The molecule has 7 nitrogen and oxygen atoms in total. The number of benzene rings is 1. The highest BCUT2D eigenvalue weighted by molar-refractivity contribution is 6.22. The largest absolute Gasteiger partial charge is 0.464 e. The second-order valence-electron chi connectivity index (χ2n) is 3.50. The molecule has 0 aromatic heterocycles. The summed E-state index contributed by atoms with van der Waals surface area (Å²) in [6, 6.07) is 6.49. The number of carboxylic acid groups (broad SMARTS) is 1. The van der Waals surface area contributed by atoms with Gasteiger partial charge in [-0.05, 0) is 12.1 Å². The Kier molecular flexibility index (Phi) is 3.05. The topological polar surface area (TPSA) is 99.1 Å². The average Bonchev–Trinajstić information content (AvgIpc) is 2.59. The van der Waals surface area contributed by atoms with Crippen molar-refractivity contribution in [1.29, 1.82) is 0 Å². The Morgan fingerprint density at radius 1 is 1.28 bits per heavy atom. The van der Waals surface area contributed by atoms with Gasteiger partial charge in [0.15, 0.2) is 0 Å². The number of nitrogens with zero attached hydrogens (tertiary/aromatic N) is 2. The Labute approximate surface area is 102 Å². The molecule has 3 amide bonds. The van der Waals surface area contributed by atoms with Gasteiger partial charge in [0, 0.05) is 6.21 Å². The third-order valence-corrected chi connectivity index (χ3v) is 2.39. The lowest BCUT2D eigenvalue weighted by Gasteiger charge is -2.09. The van der Waals surface area contributed by atoms with Crippen molar-refractivity contribution < 1.29 is 19.5 Å². The van der Waals surface area contributed by atoms with Crippen LogP contribution in [0.1, 0.15) is 20.7 Å². The van der Waals surface area contributed by atoms with E-state index in [9.17, 15) is 14.4 Å². The maximum Gasteiger partial charge on any atom is 0.425 e. The van der Waals surface area contributed by atoms with Gasteiger partial charge in [0.05, 0.1) is 17.7 Å². The number of imide groups is 1. The molecule has 0 saturated heterocycles. The second kappa shape index (κ2) is 4.66. The summed E-state index contributed by atoms with van der Waals surface area (Å²) >= 11 is 0. The van der Waals surface area contributed by atoms with Crippen molar-refractivity contribution in [3.05, 3.63) is 35.4 Å². The van der Waals surface area contributed by atoms with Crippen molar-refractivity contribution in [3.8, 4) is 0 Å². The molecule has 18 heavy (non-hydrogen) atoms. The molecule has 0 atom stereocenters. The highest BCUT2D eigenvalue weighted by Crippen LogP contribution is 2.21. The molecule has 92 valence electrons. The molecule has 0 radical (unpaired) electrons. The van der Waals surface area contributed by atoms with Gasteiger partial charge >= 0.3 is 6.09 Å². The predicted molar refractivity (Wildman–Crippen MR) is 61.5 cm³/mol. The Morgan fingerprint density at radius 2 is 1.83 bits per heavy atom. The van der Waals surface area contributed by atoms with Crippen molar-refractivity contribution >= 4 is 24.1 Å². The monoisotopic (exact) mass is 247 g/mol. The third-order valence-electron chi connectivity index (χ3n) is 2.39. The van der Waals surface area contributed by atoms with Gasteiger partial charge in [0.2, 0.25) is 0 Å². The zero-order chi connectivity index (χ0) is 13.1. The maximum atomic E-state index is 11.8. The van der Waals surface area contributed by atoms with Gasteiger partial charge in [-0.2, -0.15) is 5.10 Å². The first-order chi connectivity index (χ1) is 8.61. The summed E-state index contributed by atoms with van der Waals surface area (Å²) in [6.07, 6.45) is -0.163. The summed E-state index contributed by atoms with van der Waals surface area (Å²) in [4.78, 5) is 34.8. The Balaban J connectivity index is 2.09. The number of carbonyl (C=O) groups is 3. The number of amides is 3. The fraction of sp³-hybridized carbons (Fsp3) is 0.0909. The van der Waals surface area contributed by atoms with Gasteiger partial charge in [0.25, 0.3) is 11.8 Å². The number of fused-ring (bicyclic) bond motifs is 1. The van der Waals surface area contributed by atoms with Crippen LogP contribution in [0.4, 0.5) is 4.79 Å². The van der Waals surface area contributed by atoms with Crippen molar-refractivity contribution in [2.45, 2.75) is 0 Å². The normalized spacial score (nSPS) is 14.1. The summed E-state index contributed by atoms with van der Waals surface area (Å²) in [7, 11) is 0. The molecular weight excluding hydrogens is 238 g/mol. The lowest BCUT2D eigenvalue weighted by Crippen LogP contribution is -2.32. The zero-order valence-electron chi connectivity index (χ0n) is 9.16. The van der Waals surface area contributed by atoms with E-state index in [1.54, 1.807) is 29.7 Å². The molecule has 0 unspecified atom stereocenters. The highest BCUT2D eigenvalue weighted by atomic mass is 16.4. The van der Waals surface area contributed by atoms with Crippen LogP contribution in [0, 0.1) is 0 Å². The first-order valence-corrected chi connectivity index (χ1v) is 5.07. The van der Waals surface area contributed by atoms with E-state index >= 15 is 0 Å². The van der Waals surface area contributed by atoms with Gasteiger partial charge < -0.3 is 5.11 Å². The molecule has 1 heterocycles. The minimum Gasteiger partial charge on any atom is -0.464 e. The molecule has 1 aliphatic rings. The molecule has 2 N–H and O–H groups in total. The molecule has 0 saturated carbocycles. The Hall–Kier alpha value is -2.70. The quantitative estimate of drug-likeness (QED) is 0.462. The van der Waals surface area contributed by atoms with Crippen molar-refractivity contribution in [3.63, 3.8) is 0 Å². The van der Waals surface area contributed by atoms with Gasteiger partial charge in [0.1, 0.15) is 0 Å². The SMILES string of the molecule is O=C(O)NN=CCN1C(=O)c2ccccc2C1=O. The van der Waals surface area contributed by atoms with Crippen LogP contribution in [-0.4, -0.2) is 40.7 Å². The number of hydrazone groups is 1. The lowest BCUT2D eigenvalue weighted by molar-refractivity contribution is 0.0679. The van der Waals surface area contributed by atoms with E-state index in [2.05, 4.69) is 5.10 Å². The van der Waals surface area contributed by atoms with Crippen LogP contribution in [0.25, 0.3) is 0 Å². The first kappa shape index (κ1) is 11.8. The van der Waals surface area contributed by atoms with Crippen LogP contribution < -0.4 is 5.43 Å². The second-order valence-corrected chi connectivity index (χ2v) is 3.50. The molecule has 1 aliphatic heterocycles. The molecule has 1 aromatic rings. The summed E-state index contributed by atoms with van der Waals surface area (Å²) in [5.74, 6) is -0.810. The van der Waals surface area contributed by atoms with Crippen LogP contribution in [0.2, 0.25) is 0 Å². The molecule has 2 rings (SSSR count). The van der Waals surface area contributed by atoms with Gasteiger partial charge in [-0.1, -0.05) is 12.1 Å². The van der Waals surface area contributed by atoms with Gasteiger partial charge in [-0.15, -0.1) is 0 Å². The number of nitrogens with one attached hydrogen (secondary N) is 1. The van der Waals surface area contributed by atoms with Gasteiger partial charge in [-0.3, -0.25) is 14.5 Å². The number of carbonyl (C=O) groups excluding carboxylic acids is 2. The molecule has 7 heteroatoms. The Bertz CT molecular complexity index is 518. The molecule has 0 aliphatic carbocycles. The molecule has 0 spiro atoms. The fourth-order valence-electron chi connectivity index (χ4n) is 1.63. The summed E-state index contributed by atoms with van der Waals surface area (Å²) < 4.78 is 0. The summed E-state index contributed by atoms with van der Waals surface area (Å²) in [6.45, 7) is -0.0768. The van der Waals surface area contributed by atoms with Crippen LogP contribution in [0.3, 0.4) is 0 Å². The van der Waals surface area contributed by atoms with Crippen LogP contribution in [0.5, 0.6) is 0 Å². The van der Waals surface area contributed by atoms with Crippen molar-refractivity contribution in [1.82, 2.24) is 10.3 Å². The Morgan fingerprint density at radius 3 is 2.33 bits per heavy atom. The highest BCUT2D eigenvalue weighted by Gasteiger charge is 2.34. The fourth-order valence-corrected chi connectivity index (χ4v) is 1.63. The lowest BCUT2D eigenvalue weighted by atomic mass is 10.1. The molecular formula is C11H9N3O4. The van der Waals surface area contributed by atoms with Crippen LogP contribution in [0.15, 0.2) is 29.4 Å². The zero-order valence-corrected chi connectivity index (χ0v) is 9.16. The number of rotatable bonds is 3. The van der Waals surface area contributed by atoms with Gasteiger partial charge in [-0.25, -0.2) is 10.2 Å². The van der Waals surface area contributed by atoms with E-state index in [4.69, 9.17) is 5.11 Å². The molecule has 0 fully saturated rings. The van der Waals surface area contributed by atoms with E-state index in [1.807, 2.05) is 0 Å². The van der Waals surface area contributed by atoms with E-state index in [1.165, 1.54) is 0 Å². The van der Waals surface area contributed by atoms with E-state index in [0.717, 1.165) is 11.1 Å². The number of hydrogen-bond donors (Lipinski definition) is 2. The minimum atomic E-state index is -1.31. The van der Waals surface area contributed by atoms with Crippen molar-refractivity contribution in [2.24, 2.45) is 5.10 Å². The van der Waals surface area contributed by atoms with E-state index in [0.29, 0.717) is 11.1 Å². The predicted octanol–water partition coefficient (Wildman–Crippen LogP) is 0.536. The minimum absolute atomic E-state index is 0.0768. The standard InChI is InChI=1S/C11H9N3O4/c15-9-7-3-1-2-4-8(7)10(16)14(9)6-5-12-13-11(17)18/h1-5,13H,6H2,(H,17,18). The molecule has 0 bridgehead atoms. The third kappa shape index (κ3) is 2.05. The van der Waals surface area contributed by atoms with Crippen LogP contribution in [-0.2, 0) is 0 Å². The first-order valence-electron chi connectivity index (χ1n) is 5.07.